The van der Waals surface area contributed by atoms with Crippen LogP contribution in [0.4, 0.5) is 0 Å². The summed E-state index contributed by atoms with van der Waals surface area (Å²) in [6, 6.07) is 2.20. The molecule has 0 aliphatic heterocycles. The third-order valence-electron chi connectivity index (χ3n) is 3.90. The number of nitrogens with zero attached hydrogens (tertiary/aromatic N) is 1. The Hall–Kier alpha value is -0.800. The van der Waals surface area contributed by atoms with Crippen LogP contribution in [0.5, 0.6) is 0 Å². The normalized spacial score (nSPS) is 19.7. The zero-order valence-corrected chi connectivity index (χ0v) is 11.3. The van der Waals surface area contributed by atoms with Gasteiger partial charge in [-0.15, -0.1) is 0 Å². The van der Waals surface area contributed by atoms with Crippen LogP contribution in [0.25, 0.3) is 0 Å². The average molecular weight is 248 g/mol. The van der Waals surface area contributed by atoms with Crippen molar-refractivity contribution in [3.63, 3.8) is 0 Å². The van der Waals surface area contributed by atoms with Gasteiger partial charge in [-0.25, -0.2) is 0 Å². The summed E-state index contributed by atoms with van der Waals surface area (Å²) in [5.74, 6) is 3.06. The maximum atomic E-state index is 5.67. The van der Waals surface area contributed by atoms with Crippen molar-refractivity contribution in [3.8, 4) is 0 Å². The lowest BCUT2D eigenvalue weighted by Crippen LogP contribution is -2.27. The molecule has 0 radical (unpaired) electrons. The molecule has 2 aliphatic carbocycles. The average Bonchev–Trinajstić information content (AvgIpc) is 3.24. The van der Waals surface area contributed by atoms with Crippen molar-refractivity contribution < 1.29 is 4.42 Å². The minimum atomic E-state index is 0.898. The van der Waals surface area contributed by atoms with Crippen LogP contribution in [0.2, 0.25) is 0 Å². The molecule has 0 bridgehead atoms. The molecular formula is C15H24N2O. The third-order valence-corrected chi connectivity index (χ3v) is 3.90. The molecule has 3 heteroatoms. The molecule has 1 heterocycles. The molecule has 2 saturated carbocycles. The molecule has 0 spiro atoms. The Morgan fingerprint density at radius 2 is 1.89 bits per heavy atom. The van der Waals surface area contributed by atoms with Gasteiger partial charge < -0.3 is 9.73 Å². The fourth-order valence-electron chi connectivity index (χ4n) is 2.56. The van der Waals surface area contributed by atoms with E-state index in [2.05, 4.69) is 16.3 Å². The van der Waals surface area contributed by atoms with Crippen LogP contribution in [0.3, 0.4) is 0 Å². The number of nitrogens with one attached hydrogen (secondary N) is 1. The fraction of sp³-hybridized carbons (Fsp3) is 0.733. The summed E-state index contributed by atoms with van der Waals surface area (Å²) in [5.41, 5.74) is 1.25. The lowest BCUT2D eigenvalue weighted by atomic mass is 10.2. The first-order valence-electron chi connectivity index (χ1n) is 7.26. The van der Waals surface area contributed by atoms with E-state index in [0.717, 1.165) is 30.7 Å². The highest BCUT2D eigenvalue weighted by atomic mass is 16.3. The van der Waals surface area contributed by atoms with Gasteiger partial charge in [0, 0.05) is 25.2 Å². The minimum absolute atomic E-state index is 0.898. The summed E-state index contributed by atoms with van der Waals surface area (Å²) in [6.07, 6.45) is 7.63. The van der Waals surface area contributed by atoms with Gasteiger partial charge in [0.25, 0.3) is 0 Å². The molecule has 1 N–H and O–H groups in total. The molecule has 2 aliphatic rings. The standard InChI is InChI=1S/C15H24N2O/c1-16-7-14-6-15(18-11-14)10-17(8-12-2-3-12)9-13-4-5-13/h6,11-13,16H,2-5,7-10H2,1H3. The van der Waals surface area contributed by atoms with Crippen molar-refractivity contribution in [2.24, 2.45) is 11.8 Å². The molecule has 0 atom stereocenters. The Morgan fingerprint density at radius 3 is 2.44 bits per heavy atom. The first kappa shape index (κ1) is 12.2. The lowest BCUT2D eigenvalue weighted by Gasteiger charge is -2.20. The molecule has 1 aromatic heterocycles. The zero-order valence-electron chi connectivity index (χ0n) is 11.3. The maximum absolute atomic E-state index is 5.67. The van der Waals surface area contributed by atoms with Crippen molar-refractivity contribution in [1.29, 1.82) is 0 Å². The third kappa shape index (κ3) is 3.59. The van der Waals surface area contributed by atoms with Gasteiger partial charge in [-0.1, -0.05) is 0 Å². The Kier molecular flexibility index (Phi) is 3.71. The molecule has 3 nitrogen and oxygen atoms in total. The second-order valence-electron chi connectivity index (χ2n) is 6.03. The van der Waals surface area contributed by atoms with Gasteiger partial charge in [-0.2, -0.15) is 0 Å². The predicted octanol–water partition coefficient (Wildman–Crippen LogP) is 2.62. The highest BCUT2D eigenvalue weighted by molar-refractivity contribution is 5.12. The molecule has 0 aromatic carbocycles. The number of hydrogen-bond acceptors (Lipinski definition) is 3. The van der Waals surface area contributed by atoms with Gasteiger partial charge in [-0.05, 0) is 50.6 Å². The smallest absolute Gasteiger partial charge is 0.118 e. The molecular weight excluding hydrogens is 224 g/mol. The van der Waals surface area contributed by atoms with Gasteiger partial charge >= 0.3 is 0 Å². The Labute approximate surface area is 110 Å². The van der Waals surface area contributed by atoms with E-state index in [1.54, 1.807) is 0 Å². The van der Waals surface area contributed by atoms with Crippen molar-refractivity contribution in [1.82, 2.24) is 10.2 Å². The van der Waals surface area contributed by atoms with Gasteiger partial charge in [0.2, 0.25) is 0 Å². The zero-order chi connectivity index (χ0) is 12.4. The van der Waals surface area contributed by atoms with E-state index in [0.29, 0.717) is 0 Å². The van der Waals surface area contributed by atoms with E-state index < -0.39 is 0 Å². The SMILES string of the molecule is CNCc1coc(CN(CC2CC2)CC2CC2)c1. The van der Waals surface area contributed by atoms with E-state index in [1.165, 1.54) is 44.3 Å². The second kappa shape index (κ2) is 5.45. The lowest BCUT2D eigenvalue weighted by molar-refractivity contribution is 0.225. The summed E-state index contributed by atoms with van der Waals surface area (Å²) in [4.78, 5) is 2.61. The van der Waals surface area contributed by atoms with Crippen LogP contribution in [0.15, 0.2) is 16.7 Å². The van der Waals surface area contributed by atoms with Crippen LogP contribution in [-0.2, 0) is 13.1 Å². The molecule has 0 saturated heterocycles. The quantitative estimate of drug-likeness (QED) is 0.766. The van der Waals surface area contributed by atoms with Crippen molar-refractivity contribution >= 4 is 0 Å². The molecule has 0 amide bonds. The summed E-state index contributed by atoms with van der Waals surface area (Å²) >= 11 is 0. The van der Waals surface area contributed by atoms with Gasteiger partial charge in [0.1, 0.15) is 5.76 Å². The van der Waals surface area contributed by atoms with Crippen molar-refractivity contribution in [2.45, 2.75) is 38.8 Å². The number of furan rings is 1. The predicted molar refractivity (Wildman–Crippen MR) is 72.2 cm³/mol. The van der Waals surface area contributed by atoms with E-state index >= 15 is 0 Å². The maximum Gasteiger partial charge on any atom is 0.118 e. The first-order valence-corrected chi connectivity index (χ1v) is 7.26. The number of hydrogen-bond donors (Lipinski definition) is 1. The van der Waals surface area contributed by atoms with Gasteiger partial charge in [0.05, 0.1) is 12.8 Å². The fourth-order valence-corrected chi connectivity index (χ4v) is 2.56. The van der Waals surface area contributed by atoms with Crippen LogP contribution in [0.1, 0.15) is 37.0 Å². The largest absolute Gasteiger partial charge is 0.468 e. The molecule has 18 heavy (non-hydrogen) atoms. The summed E-state index contributed by atoms with van der Waals surface area (Å²) in [6.45, 7) is 4.45. The van der Waals surface area contributed by atoms with Crippen molar-refractivity contribution in [2.75, 3.05) is 20.1 Å². The van der Waals surface area contributed by atoms with Gasteiger partial charge in [-0.3, -0.25) is 4.90 Å². The first-order chi connectivity index (χ1) is 8.83. The second-order valence-corrected chi connectivity index (χ2v) is 6.03. The monoisotopic (exact) mass is 248 g/mol. The topological polar surface area (TPSA) is 28.4 Å². The van der Waals surface area contributed by atoms with E-state index in [-0.39, 0.29) is 0 Å². The summed E-state index contributed by atoms with van der Waals surface area (Å²) < 4.78 is 5.67. The highest BCUT2D eigenvalue weighted by Crippen LogP contribution is 2.34. The molecule has 3 rings (SSSR count). The summed E-state index contributed by atoms with van der Waals surface area (Å²) in [5, 5.41) is 3.16. The molecule has 1 aromatic rings. The van der Waals surface area contributed by atoms with E-state index in [4.69, 9.17) is 4.42 Å². The molecule has 100 valence electrons. The Bertz CT molecular complexity index is 366. The Morgan fingerprint density at radius 1 is 1.22 bits per heavy atom. The van der Waals surface area contributed by atoms with Crippen LogP contribution >= 0.6 is 0 Å². The Balaban J connectivity index is 1.54. The van der Waals surface area contributed by atoms with Crippen molar-refractivity contribution in [3.05, 3.63) is 23.7 Å². The van der Waals surface area contributed by atoms with E-state index in [1.807, 2.05) is 13.3 Å². The van der Waals surface area contributed by atoms with Gasteiger partial charge in [0.15, 0.2) is 0 Å². The summed E-state index contributed by atoms with van der Waals surface area (Å²) in [7, 11) is 1.97. The van der Waals surface area contributed by atoms with Crippen LogP contribution in [0, 0.1) is 11.8 Å². The molecule has 2 fully saturated rings. The minimum Gasteiger partial charge on any atom is -0.468 e. The highest BCUT2D eigenvalue weighted by Gasteiger charge is 2.29. The van der Waals surface area contributed by atoms with Crippen LogP contribution < -0.4 is 5.32 Å². The van der Waals surface area contributed by atoms with Crippen LogP contribution in [-0.4, -0.2) is 25.0 Å². The van der Waals surface area contributed by atoms with E-state index in [9.17, 15) is 0 Å². The number of rotatable bonds is 8. The molecule has 0 unspecified atom stereocenters.